The van der Waals surface area contributed by atoms with Crippen molar-refractivity contribution in [2.24, 2.45) is 11.3 Å². The van der Waals surface area contributed by atoms with Crippen molar-refractivity contribution in [1.29, 1.82) is 0 Å². The molecule has 1 spiro atoms. The fraction of sp³-hybridized carbons (Fsp3) is 0.933. The molecular weight excluding hydrogens is 226 g/mol. The standard InChI is InChI=1S/C15H25NO2/c17-14(18)12-6-2-1-3-7-13(12)16-10-15(11-16)8-4-5-9-15/h12-13H,1-11H2,(H,17,18). The van der Waals surface area contributed by atoms with Gasteiger partial charge in [-0.1, -0.05) is 32.1 Å². The number of hydrogen-bond acceptors (Lipinski definition) is 2. The summed E-state index contributed by atoms with van der Waals surface area (Å²) in [4.78, 5) is 13.9. The molecule has 102 valence electrons. The largest absolute Gasteiger partial charge is 0.481 e. The van der Waals surface area contributed by atoms with Gasteiger partial charge >= 0.3 is 5.97 Å². The first kappa shape index (κ1) is 12.5. The van der Waals surface area contributed by atoms with E-state index in [0.29, 0.717) is 11.5 Å². The highest BCUT2D eigenvalue weighted by atomic mass is 16.4. The van der Waals surface area contributed by atoms with Crippen LogP contribution in [-0.4, -0.2) is 35.1 Å². The molecule has 3 nitrogen and oxygen atoms in total. The molecule has 0 aromatic carbocycles. The summed E-state index contributed by atoms with van der Waals surface area (Å²) in [5.74, 6) is -0.666. The van der Waals surface area contributed by atoms with Gasteiger partial charge in [-0.15, -0.1) is 0 Å². The molecule has 0 aromatic heterocycles. The van der Waals surface area contributed by atoms with Crippen molar-refractivity contribution in [3.05, 3.63) is 0 Å². The van der Waals surface area contributed by atoms with Gasteiger partial charge in [-0.2, -0.15) is 0 Å². The molecule has 1 N–H and O–H groups in total. The van der Waals surface area contributed by atoms with Crippen LogP contribution in [0.25, 0.3) is 0 Å². The fourth-order valence-corrected chi connectivity index (χ4v) is 4.50. The zero-order chi connectivity index (χ0) is 12.6. The molecular formula is C15H25NO2. The molecule has 1 heterocycles. The van der Waals surface area contributed by atoms with E-state index in [9.17, 15) is 9.90 Å². The van der Waals surface area contributed by atoms with Crippen LogP contribution < -0.4 is 0 Å². The van der Waals surface area contributed by atoms with Crippen molar-refractivity contribution in [2.75, 3.05) is 13.1 Å². The third kappa shape index (κ3) is 2.18. The van der Waals surface area contributed by atoms with Gasteiger partial charge < -0.3 is 5.11 Å². The number of carboxylic acid groups (broad SMARTS) is 1. The predicted molar refractivity (Wildman–Crippen MR) is 70.5 cm³/mol. The Morgan fingerprint density at radius 1 is 1.00 bits per heavy atom. The maximum Gasteiger partial charge on any atom is 0.308 e. The Balaban J connectivity index is 1.64. The highest BCUT2D eigenvalue weighted by molar-refractivity contribution is 5.71. The van der Waals surface area contributed by atoms with Gasteiger partial charge in [0, 0.05) is 19.1 Å². The molecule has 3 rings (SSSR count). The number of likely N-dealkylation sites (tertiary alicyclic amines) is 1. The summed E-state index contributed by atoms with van der Waals surface area (Å²) in [6, 6.07) is 0.330. The molecule has 0 bridgehead atoms. The summed E-state index contributed by atoms with van der Waals surface area (Å²) in [6.07, 6.45) is 11.1. The van der Waals surface area contributed by atoms with E-state index in [2.05, 4.69) is 4.90 Å². The van der Waals surface area contributed by atoms with E-state index in [4.69, 9.17) is 0 Å². The van der Waals surface area contributed by atoms with Crippen molar-refractivity contribution in [3.8, 4) is 0 Å². The maximum atomic E-state index is 11.4. The molecule has 3 aliphatic rings. The molecule has 18 heavy (non-hydrogen) atoms. The lowest BCUT2D eigenvalue weighted by Gasteiger charge is -2.53. The summed E-state index contributed by atoms with van der Waals surface area (Å²) in [5, 5.41) is 9.43. The number of nitrogens with zero attached hydrogens (tertiary/aromatic N) is 1. The van der Waals surface area contributed by atoms with Crippen molar-refractivity contribution < 1.29 is 9.90 Å². The summed E-state index contributed by atoms with van der Waals surface area (Å²) < 4.78 is 0. The zero-order valence-electron chi connectivity index (χ0n) is 11.2. The molecule has 3 fully saturated rings. The van der Waals surface area contributed by atoms with Gasteiger partial charge in [0.05, 0.1) is 5.92 Å². The molecule has 0 aromatic rings. The fourth-order valence-electron chi connectivity index (χ4n) is 4.50. The van der Waals surface area contributed by atoms with Crippen molar-refractivity contribution in [2.45, 2.75) is 63.8 Å². The average Bonchev–Trinajstić information content (AvgIpc) is 2.65. The van der Waals surface area contributed by atoms with Gasteiger partial charge in [-0.05, 0) is 31.1 Å². The lowest BCUT2D eigenvalue weighted by molar-refractivity contribution is -0.147. The van der Waals surface area contributed by atoms with Gasteiger partial charge in [0.25, 0.3) is 0 Å². The molecule has 2 saturated carbocycles. The molecule has 1 aliphatic heterocycles. The maximum absolute atomic E-state index is 11.4. The molecule has 2 unspecified atom stereocenters. The van der Waals surface area contributed by atoms with Gasteiger partial charge in [0.1, 0.15) is 0 Å². The minimum atomic E-state index is -0.561. The van der Waals surface area contributed by atoms with E-state index in [1.165, 1.54) is 51.6 Å². The summed E-state index contributed by atoms with van der Waals surface area (Å²) >= 11 is 0. The van der Waals surface area contributed by atoms with Crippen LogP contribution in [-0.2, 0) is 4.79 Å². The Morgan fingerprint density at radius 3 is 2.33 bits per heavy atom. The second-order valence-electron chi connectivity index (χ2n) is 6.76. The molecule has 2 atom stereocenters. The van der Waals surface area contributed by atoms with Crippen molar-refractivity contribution in [1.82, 2.24) is 4.90 Å². The number of hydrogen-bond donors (Lipinski definition) is 1. The monoisotopic (exact) mass is 251 g/mol. The van der Waals surface area contributed by atoms with Crippen LogP contribution in [0.15, 0.2) is 0 Å². The van der Waals surface area contributed by atoms with Crippen LogP contribution in [0.4, 0.5) is 0 Å². The molecule has 0 amide bonds. The van der Waals surface area contributed by atoms with E-state index in [1.54, 1.807) is 0 Å². The molecule has 3 heteroatoms. The van der Waals surface area contributed by atoms with E-state index in [1.807, 2.05) is 0 Å². The van der Waals surface area contributed by atoms with Crippen LogP contribution in [0.5, 0.6) is 0 Å². The Morgan fingerprint density at radius 2 is 1.67 bits per heavy atom. The van der Waals surface area contributed by atoms with Gasteiger partial charge in [0.2, 0.25) is 0 Å². The van der Waals surface area contributed by atoms with Crippen LogP contribution in [0.1, 0.15) is 57.8 Å². The van der Waals surface area contributed by atoms with Crippen molar-refractivity contribution in [3.63, 3.8) is 0 Å². The van der Waals surface area contributed by atoms with Crippen molar-refractivity contribution >= 4 is 5.97 Å². The first-order chi connectivity index (χ1) is 8.70. The number of carbonyl (C=O) groups is 1. The smallest absolute Gasteiger partial charge is 0.308 e. The first-order valence-corrected chi connectivity index (χ1v) is 7.67. The highest BCUT2D eigenvalue weighted by Gasteiger charge is 2.48. The zero-order valence-corrected chi connectivity index (χ0v) is 11.2. The number of rotatable bonds is 2. The minimum absolute atomic E-state index is 0.105. The Labute approximate surface area is 110 Å². The van der Waals surface area contributed by atoms with Gasteiger partial charge in [-0.25, -0.2) is 0 Å². The molecule has 1 saturated heterocycles. The molecule has 0 radical (unpaired) electrons. The lowest BCUT2D eigenvalue weighted by atomic mass is 9.75. The second kappa shape index (κ2) is 4.84. The van der Waals surface area contributed by atoms with E-state index >= 15 is 0 Å². The molecule has 2 aliphatic carbocycles. The Hall–Kier alpha value is -0.570. The second-order valence-corrected chi connectivity index (χ2v) is 6.76. The van der Waals surface area contributed by atoms with Crippen LogP contribution in [0, 0.1) is 11.3 Å². The third-order valence-electron chi connectivity index (χ3n) is 5.51. The minimum Gasteiger partial charge on any atom is -0.481 e. The van der Waals surface area contributed by atoms with Gasteiger partial charge in [-0.3, -0.25) is 9.69 Å². The van der Waals surface area contributed by atoms with E-state index < -0.39 is 5.97 Å². The number of aliphatic carboxylic acids is 1. The van der Waals surface area contributed by atoms with E-state index in [0.717, 1.165) is 19.3 Å². The van der Waals surface area contributed by atoms with Crippen LogP contribution in [0.2, 0.25) is 0 Å². The van der Waals surface area contributed by atoms with Gasteiger partial charge in [0.15, 0.2) is 0 Å². The predicted octanol–water partition coefficient (Wildman–Crippen LogP) is 2.90. The Bertz CT molecular complexity index is 314. The van der Waals surface area contributed by atoms with E-state index in [-0.39, 0.29) is 5.92 Å². The Kier molecular flexibility index (Phi) is 3.35. The number of carboxylic acids is 1. The van der Waals surface area contributed by atoms with Crippen LogP contribution in [0.3, 0.4) is 0 Å². The first-order valence-electron chi connectivity index (χ1n) is 7.67. The lowest BCUT2D eigenvalue weighted by Crippen LogP contribution is -2.60. The quantitative estimate of drug-likeness (QED) is 0.767. The summed E-state index contributed by atoms with van der Waals surface area (Å²) in [7, 11) is 0. The topological polar surface area (TPSA) is 40.5 Å². The van der Waals surface area contributed by atoms with Crippen LogP contribution >= 0.6 is 0 Å². The SMILES string of the molecule is O=C(O)C1CCCCCC1N1CC2(CCCC2)C1. The summed E-state index contributed by atoms with van der Waals surface area (Å²) in [6.45, 7) is 2.36. The normalized spacial score (nSPS) is 36.2. The average molecular weight is 251 g/mol. The highest BCUT2D eigenvalue weighted by Crippen LogP contribution is 2.47. The third-order valence-corrected chi connectivity index (χ3v) is 5.51. The summed E-state index contributed by atoms with van der Waals surface area (Å²) in [5.41, 5.74) is 0.593.